The molecule has 0 unspecified atom stereocenters. The van der Waals surface area contributed by atoms with Gasteiger partial charge < -0.3 is 14.2 Å². The summed E-state index contributed by atoms with van der Waals surface area (Å²) in [6.45, 7) is 0.917. The largest absolute Gasteiger partial charge is 0.333 e. The first-order valence-electron chi connectivity index (χ1n) is 2.66. The molecule has 0 aliphatic rings. The van der Waals surface area contributed by atoms with Crippen molar-refractivity contribution in [3.05, 3.63) is 0 Å². The van der Waals surface area contributed by atoms with E-state index in [9.17, 15) is 0 Å². The van der Waals surface area contributed by atoms with Crippen LogP contribution in [0.25, 0.3) is 0 Å². The molecule has 0 bridgehead atoms. The second kappa shape index (κ2) is 11.2. The highest BCUT2D eigenvalue weighted by molar-refractivity contribution is 4.51. The van der Waals surface area contributed by atoms with Crippen LogP contribution in [-0.4, -0.2) is 27.8 Å². The van der Waals surface area contributed by atoms with Crippen LogP contribution in [0.5, 0.6) is 0 Å². The van der Waals surface area contributed by atoms with Crippen LogP contribution in [0, 0.1) is 11.3 Å². The number of methoxy groups -OCH3 is 3. The van der Waals surface area contributed by atoms with Gasteiger partial charge >= 0.3 is 0 Å². The lowest BCUT2D eigenvalue weighted by Gasteiger charge is -2.08. The highest BCUT2D eigenvalue weighted by atomic mass is 16.8. The maximum Gasteiger partial charge on any atom is 0.270 e. The molecule has 0 atom stereocenters. The van der Waals surface area contributed by atoms with Gasteiger partial charge in [-0.05, 0) is 0 Å². The van der Waals surface area contributed by atoms with Gasteiger partial charge in [0.25, 0.3) is 6.48 Å². The van der Waals surface area contributed by atoms with Gasteiger partial charge in [0.05, 0.1) is 6.07 Å². The van der Waals surface area contributed by atoms with E-state index in [1.807, 2.05) is 0 Å². The third-order valence-electron chi connectivity index (χ3n) is 0.577. The van der Waals surface area contributed by atoms with E-state index in [0.717, 1.165) is 0 Å². The summed E-state index contributed by atoms with van der Waals surface area (Å²) in [7, 11) is 4.53. The first-order chi connectivity index (χ1) is 4.76. The van der Waals surface area contributed by atoms with E-state index in [4.69, 9.17) is 5.26 Å². The molecule has 0 amide bonds. The zero-order chi connectivity index (χ0) is 8.41. The Balaban J connectivity index is 0. The molecule has 0 aliphatic carbocycles. The number of ether oxygens (including phenoxy) is 3. The molecule has 4 nitrogen and oxygen atoms in total. The maximum absolute atomic E-state index is 7.32. The molecule has 0 aromatic heterocycles. The van der Waals surface area contributed by atoms with Crippen LogP contribution in [0.15, 0.2) is 0 Å². The van der Waals surface area contributed by atoms with Gasteiger partial charge in [-0.2, -0.15) is 5.26 Å². The Morgan fingerprint density at radius 1 is 1.10 bits per heavy atom. The molecule has 4 heteroatoms. The lowest BCUT2D eigenvalue weighted by atomic mass is 11.0. The van der Waals surface area contributed by atoms with Gasteiger partial charge in [-0.15, -0.1) is 0 Å². The summed E-state index contributed by atoms with van der Waals surface area (Å²) in [5, 5.41) is 7.32. The molecule has 0 radical (unpaired) electrons. The van der Waals surface area contributed by atoms with Gasteiger partial charge in [0, 0.05) is 28.3 Å². The Labute approximate surface area is 61.3 Å². The van der Waals surface area contributed by atoms with Gasteiger partial charge in [0.1, 0.15) is 0 Å². The van der Waals surface area contributed by atoms with Crippen LogP contribution in [0.1, 0.15) is 6.92 Å². The molecule has 0 spiro atoms. The predicted molar refractivity (Wildman–Crippen MR) is 36.1 cm³/mol. The summed E-state index contributed by atoms with van der Waals surface area (Å²) in [6.07, 6.45) is 0. The van der Waals surface area contributed by atoms with Crippen molar-refractivity contribution in [2.75, 3.05) is 21.3 Å². The molecule has 0 heterocycles. The minimum atomic E-state index is -0.514. The molecule has 0 saturated heterocycles. The monoisotopic (exact) mass is 147 g/mol. The molecule has 60 valence electrons. The van der Waals surface area contributed by atoms with Gasteiger partial charge in [0.15, 0.2) is 0 Å². The number of hydrogen-bond donors (Lipinski definition) is 0. The molecule has 0 rings (SSSR count). The minimum absolute atomic E-state index is 0.514. The highest BCUT2D eigenvalue weighted by Gasteiger charge is 1.96. The maximum atomic E-state index is 7.32. The number of nitrogens with zero attached hydrogens (tertiary/aromatic N) is 1. The average Bonchev–Trinajstić information content (AvgIpc) is 1.93. The van der Waals surface area contributed by atoms with Gasteiger partial charge in [-0.1, -0.05) is 0 Å². The second-order valence-electron chi connectivity index (χ2n) is 1.22. The lowest BCUT2D eigenvalue weighted by Crippen LogP contribution is -2.14. The van der Waals surface area contributed by atoms with Crippen molar-refractivity contribution in [1.82, 2.24) is 0 Å². The van der Waals surface area contributed by atoms with Crippen LogP contribution in [-0.2, 0) is 14.2 Å². The summed E-state index contributed by atoms with van der Waals surface area (Å²) in [4.78, 5) is 0. The van der Waals surface area contributed by atoms with Crippen molar-refractivity contribution in [2.24, 2.45) is 0 Å². The van der Waals surface area contributed by atoms with Crippen molar-refractivity contribution in [3.8, 4) is 6.07 Å². The first kappa shape index (κ1) is 12.1. The summed E-state index contributed by atoms with van der Waals surface area (Å²) in [6, 6.07) is 1.75. The Hall–Kier alpha value is -0.630. The Bertz CT molecular complexity index is 80.0. The third-order valence-corrected chi connectivity index (χ3v) is 0.577. The summed E-state index contributed by atoms with van der Waals surface area (Å²) >= 11 is 0. The number of nitriles is 1. The van der Waals surface area contributed by atoms with Crippen molar-refractivity contribution in [1.29, 1.82) is 5.26 Å². The topological polar surface area (TPSA) is 51.5 Å². The molecule has 0 saturated carbocycles. The van der Waals surface area contributed by atoms with E-state index in [1.165, 1.54) is 28.3 Å². The second-order valence-corrected chi connectivity index (χ2v) is 1.22. The fourth-order valence-electron chi connectivity index (χ4n) is 0.289. The summed E-state index contributed by atoms with van der Waals surface area (Å²) < 4.78 is 13.8. The molecule has 0 N–H and O–H groups in total. The van der Waals surface area contributed by atoms with E-state index in [2.05, 4.69) is 14.2 Å². The SMILES string of the molecule is CC#N.COC(OC)OC. The normalized spacial score (nSPS) is 8.00. The summed E-state index contributed by atoms with van der Waals surface area (Å²) in [5.74, 6) is 0. The number of rotatable bonds is 3. The van der Waals surface area contributed by atoms with Gasteiger partial charge in [-0.25, -0.2) is 0 Å². The first-order valence-corrected chi connectivity index (χ1v) is 2.66. The van der Waals surface area contributed by atoms with Gasteiger partial charge in [0.2, 0.25) is 0 Å². The van der Waals surface area contributed by atoms with Crippen LogP contribution >= 0.6 is 0 Å². The summed E-state index contributed by atoms with van der Waals surface area (Å²) in [5.41, 5.74) is 0. The fourth-order valence-corrected chi connectivity index (χ4v) is 0.289. The zero-order valence-corrected chi connectivity index (χ0v) is 6.75. The van der Waals surface area contributed by atoms with Crippen LogP contribution in [0.2, 0.25) is 0 Å². The Morgan fingerprint density at radius 2 is 1.30 bits per heavy atom. The van der Waals surface area contributed by atoms with E-state index in [0.29, 0.717) is 0 Å². The van der Waals surface area contributed by atoms with Crippen molar-refractivity contribution in [2.45, 2.75) is 13.4 Å². The quantitative estimate of drug-likeness (QED) is 0.552. The van der Waals surface area contributed by atoms with Crippen molar-refractivity contribution >= 4 is 0 Å². The highest BCUT2D eigenvalue weighted by Crippen LogP contribution is 1.87. The lowest BCUT2D eigenvalue weighted by molar-refractivity contribution is -0.252. The van der Waals surface area contributed by atoms with Crippen molar-refractivity contribution in [3.63, 3.8) is 0 Å². The molecule has 10 heavy (non-hydrogen) atoms. The minimum Gasteiger partial charge on any atom is -0.333 e. The standard InChI is InChI=1S/C4H10O3.C2H3N/c1-5-4(6-2)7-3;1-2-3/h4H,1-3H3;1H3. The van der Waals surface area contributed by atoms with Crippen LogP contribution in [0.4, 0.5) is 0 Å². The molecule has 0 aromatic carbocycles. The molecule has 0 aliphatic heterocycles. The average molecular weight is 147 g/mol. The van der Waals surface area contributed by atoms with Gasteiger partial charge in [-0.3, -0.25) is 0 Å². The zero-order valence-electron chi connectivity index (χ0n) is 6.75. The predicted octanol–water partition coefficient (Wildman–Crippen LogP) is 0.739. The van der Waals surface area contributed by atoms with Crippen LogP contribution < -0.4 is 0 Å². The van der Waals surface area contributed by atoms with E-state index >= 15 is 0 Å². The Kier molecular flexibility index (Phi) is 13.5. The van der Waals surface area contributed by atoms with E-state index in [1.54, 1.807) is 6.07 Å². The third kappa shape index (κ3) is 10.4. The number of hydrogen-bond acceptors (Lipinski definition) is 4. The van der Waals surface area contributed by atoms with Crippen LogP contribution in [0.3, 0.4) is 0 Å². The van der Waals surface area contributed by atoms with Crippen molar-refractivity contribution < 1.29 is 14.2 Å². The molecule has 0 aromatic rings. The van der Waals surface area contributed by atoms with E-state index in [-0.39, 0.29) is 0 Å². The fraction of sp³-hybridized carbons (Fsp3) is 0.833. The smallest absolute Gasteiger partial charge is 0.270 e. The molecule has 0 fully saturated rings. The molecular weight excluding hydrogens is 134 g/mol. The Morgan fingerprint density at radius 3 is 1.30 bits per heavy atom. The molecular formula is C6H13NO3. The van der Waals surface area contributed by atoms with E-state index < -0.39 is 6.48 Å².